The maximum absolute atomic E-state index is 13.8. The molecule has 0 radical (unpaired) electrons. The molecule has 19 heavy (non-hydrogen) atoms. The van der Waals surface area contributed by atoms with Gasteiger partial charge in [0.25, 0.3) is 0 Å². The highest BCUT2D eigenvalue weighted by atomic mass is 19.1. The summed E-state index contributed by atoms with van der Waals surface area (Å²) in [6.45, 7) is 1.41. The van der Waals surface area contributed by atoms with Gasteiger partial charge in [-0.25, -0.2) is 13.2 Å². The van der Waals surface area contributed by atoms with Crippen LogP contribution in [-0.2, 0) is 0 Å². The molecule has 0 aliphatic heterocycles. The molecule has 0 aliphatic rings. The van der Waals surface area contributed by atoms with E-state index in [0.717, 1.165) is 12.1 Å². The minimum atomic E-state index is -0.981. The summed E-state index contributed by atoms with van der Waals surface area (Å²) >= 11 is 0. The Kier molecular flexibility index (Phi) is 3.29. The van der Waals surface area contributed by atoms with Gasteiger partial charge in [0.05, 0.1) is 11.3 Å². The summed E-state index contributed by atoms with van der Waals surface area (Å²) < 4.78 is 40.6. The number of benzene rings is 2. The van der Waals surface area contributed by atoms with Crippen molar-refractivity contribution in [2.45, 2.75) is 6.92 Å². The second-order valence-corrected chi connectivity index (χ2v) is 4.12. The molecule has 2 rings (SSSR count). The van der Waals surface area contributed by atoms with Gasteiger partial charge in [-0.2, -0.15) is 0 Å². The van der Waals surface area contributed by atoms with Crippen LogP contribution >= 0.6 is 0 Å². The largest absolute Gasteiger partial charge is 0.396 e. The lowest BCUT2D eigenvalue weighted by Crippen LogP contribution is -2.09. The van der Waals surface area contributed by atoms with Crippen molar-refractivity contribution >= 4 is 11.5 Å². The van der Waals surface area contributed by atoms with Crippen LogP contribution in [0.3, 0.4) is 0 Å². The molecule has 5 heteroatoms. The molecule has 0 spiro atoms. The zero-order chi connectivity index (χ0) is 14.2. The minimum absolute atomic E-state index is 0.137. The smallest absolute Gasteiger partial charge is 0.199 e. The van der Waals surface area contributed by atoms with Crippen LogP contribution in [0, 0.1) is 24.4 Å². The number of halogens is 3. The Hall–Kier alpha value is -2.30. The number of carbonyl (C=O) groups excluding carboxylic acids is 1. The van der Waals surface area contributed by atoms with Gasteiger partial charge >= 0.3 is 0 Å². The van der Waals surface area contributed by atoms with Gasteiger partial charge in [0.15, 0.2) is 5.78 Å². The molecule has 98 valence electrons. The van der Waals surface area contributed by atoms with Crippen molar-refractivity contribution in [3.05, 3.63) is 64.5 Å². The molecule has 0 aliphatic carbocycles. The summed E-state index contributed by atoms with van der Waals surface area (Å²) in [6, 6.07) is 5.49. The number of nitrogens with two attached hydrogens (primary N) is 1. The molecule has 0 saturated carbocycles. The first-order valence-electron chi connectivity index (χ1n) is 5.46. The molecule has 0 unspecified atom stereocenters. The molecule has 0 heterocycles. The zero-order valence-electron chi connectivity index (χ0n) is 10.0. The Labute approximate surface area is 107 Å². The predicted octanol–water partition coefficient (Wildman–Crippen LogP) is 3.23. The Morgan fingerprint density at radius 3 is 2.37 bits per heavy atom. The van der Waals surface area contributed by atoms with E-state index in [9.17, 15) is 18.0 Å². The van der Waals surface area contributed by atoms with Crippen molar-refractivity contribution < 1.29 is 18.0 Å². The van der Waals surface area contributed by atoms with E-state index in [0.29, 0.717) is 0 Å². The number of aryl methyl sites for hydroxylation is 1. The molecular formula is C14H10F3NO. The quantitative estimate of drug-likeness (QED) is 0.669. The first-order chi connectivity index (χ1) is 8.91. The van der Waals surface area contributed by atoms with E-state index in [2.05, 4.69) is 0 Å². The molecule has 0 saturated heterocycles. The number of carbonyl (C=O) groups is 1. The van der Waals surface area contributed by atoms with Crippen LogP contribution in [0.2, 0.25) is 0 Å². The average molecular weight is 265 g/mol. The van der Waals surface area contributed by atoms with E-state index in [1.165, 1.54) is 25.1 Å². The van der Waals surface area contributed by atoms with Crippen molar-refractivity contribution in [3.8, 4) is 0 Å². The van der Waals surface area contributed by atoms with Crippen LogP contribution in [0.5, 0.6) is 0 Å². The first kappa shape index (κ1) is 13.1. The van der Waals surface area contributed by atoms with Crippen LogP contribution < -0.4 is 5.73 Å². The van der Waals surface area contributed by atoms with E-state index in [1.807, 2.05) is 0 Å². The predicted molar refractivity (Wildman–Crippen MR) is 65.3 cm³/mol. The molecule has 0 fully saturated rings. The number of hydrogen-bond donors (Lipinski definition) is 1. The van der Waals surface area contributed by atoms with Crippen molar-refractivity contribution in [3.63, 3.8) is 0 Å². The number of nitrogen functional groups attached to an aromatic ring is 1. The van der Waals surface area contributed by atoms with Gasteiger partial charge in [0.2, 0.25) is 0 Å². The molecule has 2 aromatic carbocycles. The van der Waals surface area contributed by atoms with Crippen molar-refractivity contribution in [2.75, 3.05) is 5.73 Å². The third kappa shape index (κ3) is 2.31. The average Bonchev–Trinajstić information content (AvgIpc) is 2.37. The Bertz CT molecular complexity index is 668. The SMILES string of the molecule is Cc1ccc(F)c(C(=O)c2ccc(N)c(F)c2)c1F. The molecule has 0 bridgehead atoms. The monoisotopic (exact) mass is 265 g/mol. The van der Waals surface area contributed by atoms with Gasteiger partial charge < -0.3 is 5.73 Å². The normalized spacial score (nSPS) is 10.5. The van der Waals surface area contributed by atoms with Crippen LogP contribution in [-0.4, -0.2) is 5.78 Å². The Balaban J connectivity index is 2.56. The summed E-state index contributed by atoms with van der Waals surface area (Å²) in [7, 11) is 0. The van der Waals surface area contributed by atoms with Gasteiger partial charge in [-0.05, 0) is 36.8 Å². The lowest BCUT2D eigenvalue weighted by molar-refractivity contribution is 0.103. The van der Waals surface area contributed by atoms with Crippen molar-refractivity contribution in [1.29, 1.82) is 0 Å². The summed E-state index contributed by atoms with van der Waals surface area (Å²) in [5.74, 6) is -3.65. The van der Waals surface area contributed by atoms with Gasteiger partial charge in [-0.1, -0.05) is 6.07 Å². The highest BCUT2D eigenvalue weighted by Gasteiger charge is 2.21. The Morgan fingerprint density at radius 2 is 1.74 bits per heavy atom. The Morgan fingerprint density at radius 1 is 1.05 bits per heavy atom. The van der Waals surface area contributed by atoms with Gasteiger partial charge in [0.1, 0.15) is 17.5 Å². The molecule has 0 aromatic heterocycles. The third-order valence-corrected chi connectivity index (χ3v) is 2.77. The van der Waals surface area contributed by atoms with Crippen LogP contribution in [0.25, 0.3) is 0 Å². The fourth-order valence-corrected chi connectivity index (χ4v) is 1.68. The topological polar surface area (TPSA) is 43.1 Å². The van der Waals surface area contributed by atoms with Gasteiger partial charge in [-0.3, -0.25) is 4.79 Å². The second-order valence-electron chi connectivity index (χ2n) is 4.12. The highest BCUT2D eigenvalue weighted by Crippen LogP contribution is 2.21. The highest BCUT2D eigenvalue weighted by molar-refractivity contribution is 6.09. The van der Waals surface area contributed by atoms with Crippen LogP contribution in [0.4, 0.5) is 18.9 Å². The molecule has 0 amide bonds. The van der Waals surface area contributed by atoms with Gasteiger partial charge in [-0.15, -0.1) is 0 Å². The maximum atomic E-state index is 13.8. The number of rotatable bonds is 2. The summed E-state index contributed by atoms with van der Waals surface area (Å²) in [5.41, 5.74) is 4.43. The second kappa shape index (κ2) is 4.76. The number of ketones is 1. The fraction of sp³-hybridized carbons (Fsp3) is 0.0714. The number of anilines is 1. The minimum Gasteiger partial charge on any atom is -0.396 e. The standard InChI is InChI=1S/C14H10F3NO/c1-7-2-4-9(15)12(13(7)17)14(19)8-3-5-11(18)10(16)6-8/h2-6H,18H2,1H3. The molecule has 2 nitrogen and oxygen atoms in total. The fourth-order valence-electron chi connectivity index (χ4n) is 1.68. The van der Waals surface area contributed by atoms with Crippen molar-refractivity contribution in [1.82, 2.24) is 0 Å². The summed E-state index contributed by atoms with van der Waals surface area (Å²) in [4.78, 5) is 12.0. The van der Waals surface area contributed by atoms with E-state index in [1.54, 1.807) is 0 Å². The molecule has 2 N–H and O–H groups in total. The van der Waals surface area contributed by atoms with E-state index >= 15 is 0 Å². The lowest BCUT2D eigenvalue weighted by Gasteiger charge is -2.07. The number of hydrogen-bond acceptors (Lipinski definition) is 2. The molecular weight excluding hydrogens is 255 g/mol. The first-order valence-corrected chi connectivity index (χ1v) is 5.46. The van der Waals surface area contributed by atoms with E-state index in [-0.39, 0.29) is 16.8 Å². The van der Waals surface area contributed by atoms with E-state index < -0.39 is 28.8 Å². The molecule has 2 aromatic rings. The summed E-state index contributed by atoms with van der Waals surface area (Å²) in [5, 5.41) is 0. The third-order valence-electron chi connectivity index (χ3n) is 2.77. The lowest BCUT2D eigenvalue weighted by atomic mass is 10.00. The maximum Gasteiger partial charge on any atom is 0.199 e. The summed E-state index contributed by atoms with van der Waals surface area (Å²) in [6.07, 6.45) is 0. The van der Waals surface area contributed by atoms with Crippen molar-refractivity contribution in [2.24, 2.45) is 0 Å². The van der Waals surface area contributed by atoms with Crippen LogP contribution in [0.1, 0.15) is 21.5 Å². The van der Waals surface area contributed by atoms with E-state index in [4.69, 9.17) is 5.73 Å². The molecule has 0 atom stereocenters. The van der Waals surface area contributed by atoms with Gasteiger partial charge in [0, 0.05) is 5.56 Å². The van der Waals surface area contributed by atoms with Crippen LogP contribution in [0.15, 0.2) is 30.3 Å². The zero-order valence-corrected chi connectivity index (χ0v) is 10.0.